The molecular weight excluding hydrogens is 404 g/mol. The molecule has 0 aromatic heterocycles. The number of aryl methyl sites for hydroxylation is 1. The molecule has 0 radical (unpaired) electrons. The second kappa shape index (κ2) is 7.00. The average molecular weight is 419 g/mol. The normalized spacial score (nSPS) is 15.0. The molecule has 0 bridgehead atoms. The van der Waals surface area contributed by atoms with E-state index in [-0.39, 0.29) is 11.5 Å². The predicted molar refractivity (Wildman–Crippen MR) is 113 cm³/mol. The number of ether oxygens (including phenoxy) is 1. The SMILES string of the molecule is O=C1CCc2ccc(Oc3ccc4c(c3)C(=O)N(c3cccc(Cl)c3)C4=O)cc2N1. The summed E-state index contributed by atoms with van der Waals surface area (Å²) in [5.74, 6) is 0.0902. The molecular formula is C23H15ClN2O4. The second-order valence-electron chi connectivity index (χ2n) is 7.10. The molecule has 0 saturated carbocycles. The van der Waals surface area contributed by atoms with E-state index in [4.69, 9.17) is 16.3 Å². The van der Waals surface area contributed by atoms with Gasteiger partial charge in [0.15, 0.2) is 0 Å². The summed E-state index contributed by atoms with van der Waals surface area (Å²) in [5, 5.41) is 3.27. The van der Waals surface area contributed by atoms with Crippen LogP contribution in [0.3, 0.4) is 0 Å². The fourth-order valence-electron chi connectivity index (χ4n) is 3.68. The van der Waals surface area contributed by atoms with Crippen LogP contribution in [0.15, 0.2) is 60.7 Å². The first-order chi connectivity index (χ1) is 14.5. The fourth-order valence-corrected chi connectivity index (χ4v) is 3.87. The Morgan fingerprint density at radius 2 is 1.60 bits per heavy atom. The summed E-state index contributed by atoms with van der Waals surface area (Å²) in [7, 11) is 0. The van der Waals surface area contributed by atoms with Gasteiger partial charge >= 0.3 is 0 Å². The van der Waals surface area contributed by atoms with E-state index in [1.807, 2.05) is 12.1 Å². The van der Waals surface area contributed by atoms with Crippen molar-refractivity contribution < 1.29 is 19.1 Å². The Labute approximate surface area is 177 Å². The number of amides is 3. The first kappa shape index (κ1) is 18.4. The first-order valence-corrected chi connectivity index (χ1v) is 9.76. The number of carbonyl (C=O) groups is 3. The highest BCUT2D eigenvalue weighted by Crippen LogP contribution is 2.34. The van der Waals surface area contributed by atoms with Crippen molar-refractivity contribution in [2.24, 2.45) is 0 Å². The Bertz CT molecular complexity index is 1240. The van der Waals surface area contributed by atoms with Gasteiger partial charge in [0.1, 0.15) is 11.5 Å². The number of hydrogen-bond acceptors (Lipinski definition) is 4. The summed E-state index contributed by atoms with van der Waals surface area (Å²) in [6, 6.07) is 16.8. The number of hydrogen-bond donors (Lipinski definition) is 1. The summed E-state index contributed by atoms with van der Waals surface area (Å²) in [6.07, 6.45) is 1.16. The van der Waals surface area contributed by atoms with Gasteiger partial charge in [-0.3, -0.25) is 14.4 Å². The standard InChI is InChI=1S/C23H15ClN2O4/c24-14-2-1-3-15(10-14)26-22(28)18-8-7-16(11-19(18)23(26)29)30-17-6-4-13-5-9-21(27)25-20(13)12-17/h1-4,6-8,10-12H,5,9H2,(H,25,27). The van der Waals surface area contributed by atoms with Crippen LogP contribution < -0.4 is 15.0 Å². The molecule has 3 aromatic carbocycles. The minimum absolute atomic E-state index is 0.0256. The molecule has 2 aliphatic heterocycles. The van der Waals surface area contributed by atoms with Gasteiger partial charge in [-0.05, 0) is 54.4 Å². The molecule has 1 N–H and O–H groups in total. The van der Waals surface area contributed by atoms with Crippen LogP contribution in [0.4, 0.5) is 11.4 Å². The lowest BCUT2D eigenvalue weighted by molar-refractivity contribution is -0.116. The van der Waals surface area contributed by atoms with Crippen molar-refractivity contribution in [1.29, 1.82) is 0 Å². The number of anilines is 2. The van der Waals surface area contributed by atoms with Crippen molar-refractivity contribution in [1.82, 2.24) is 0 Å². The van der Waals surface area contributed by atoms with Crippen LogP contribution in [-0.2, 0) is 11.2 Å². The molecule has 7 heteroatoms. The van der Waals surface area contributed by atoms with Crippen molar-refractivity contribution in [2.75, 3.05) is 10.2 Å². The van der Waals surface area contributed by atoms with E-state index in [1.54, 1.807) is 48.5 Å². The van der Waals surface area contributed by atoms with Crippen LogP contribution in [0.2, 0.25) is 5.02 Å². The molecule has 0 fully saturated rings. The van der Waals surface area contributed by atoms with Crippen LogP contribution in [0.1, 0.15) is 32.7 Å². The maximum atomic E-state index is 12.9. The van der Waals surface area contributed by atoms with Gasteiger partial charge in [-0.15, -0.1) is 0 Å². The lowest BCUT2D eigenvalue weighted by Gasteiger charge is -2.17. The number of halogens is 1. The van der Waals surface area contributed by atoms with Gasteiger partial charge in [-0.25, -0.2) is 4.90 Å². The average Bonchev–Trinajstić information content (AvgIpc) is 2.97. The summed E-state index contributed by atoms with van der Waals surface area (Å²) in [6.45, 7) is 0. The lowest BCUT2D eigenvalue weighted by atomic mass is 10.0. The lowest BCUT2D eigenvalue weighted by Crippen LogP contribution is -2.29. The third kappa shape index (κ3) is 3.11. The second-order valence-corrected chi connectivity index (χ2v) is 7.54. The van der Waals surface area contributed by atoms with Crippen molar-refractivity contribution in [3.8, 4) is 11.5 Å². The van der Waals surface area contributed by atoms with Crippen LogP contribution in [-0.4, -0.2) is 17.7 Å². The maximum absolute atomic E-state index is 12.9. The quantitative estimate of drug-likeness (QED) is 0.619. The van der Waals surface area contributed by atoms with E-state index < -0.39 is 11.8 Å². The molecule has 0 aliphatic carbocycles. The Balaban J connectivity index is 1.44. The van der Waals surface area contributed by atoms with Gasteiger partial charge in [0.05, 0.1) is 16.8 Å². The summed E-state index contributed by atoms with van der Waals surface area (Å²) >= 11 is 6.01. The van der Waals surface area contributed by atoms with Crippen molar-refractivity contribution >= 4 is 40.7 Å². The highest BCUT2D eigenvalue weighted by atomic mass is 35.5. The molecule has 2 aliphatic rings. The predicted octanol–water partition coefficient (Wildman–Crippen LogP) is 4.82. The zero-order valence-electron chi connectivity index (χ0n) is 15.6. The molecule has 0 atom stereocenters. The van der Waals surface area contributed by atoms with Crippen LogP contribution in [0.5, 0.6) is 11.5 Å². The van der Waals surface area contributed by atoms with Gasteiger partial charge in [0.2, 0.25) is 5.91 Å². The minimum atomic E-state index is -0.430. The van der Waals surface area contributed by atoms with E-state index in [0.29, 0.717) is 40.6 Å². The minimum Gasteiger partial charge on any atom is -0.457 e. The maximum Gasteiger partial charge on any atom is 0.266 e. The number of imide groups is 1. The molecule has 5 rings (SSSR count). The Kier molecular flexibility index (Phi) is 4.29. The van der Waals surface area contributed by atoms with Gasteiger partial charge in [-0.1, -0.05) is 23.7 Å². The van der Waals surface area contributed by atoms with Crippen LogP contribution in [0, 0.1) is 0 Å². The topological polar surface area (TPSA) is 75.7 Å². The number of nitrogens with zero attached hydrogens (tertiary/aromatic N) is 1. The summed E-state index contributed by atoms with van der Waals surface area (Å²) in [5.41, 5.74) is 2.77. The molecule has 30 heavy (non-hydrogen) atoms. The number of carbonyl (C=O) groups excluding carboxylic acids is 3. The van der Waals surface area contributed by atoms with Crippen LogP contribution >= 0.6 is 11.6 Å². The third-order valence-corrected chi connectivity index (χ3v) is 5.37. The molecule has 148 valence electrons. The third-order valence-electron chi connectivity index (χ3n) is 5.14. The van der Waals surface area contributed by atoms with Crippen LogP contribution in [0.25, 0.3) is 0 Å². The van der Waals surface area contributed by atoms with Gasteiger partial charge < -0.3 is 10.1 Å². The molecule has 0 saturated heterocycles. The zero-order chi connectivity index (χ0) is 20.8. The van der Waals surface area contributed by atoms with Gasteiger partial charge in [-0.2, -0.15) is 0 Å². The van der Waals surface area contributed by atoms with E-state index in [9.17, 15) is 14.4 Å². The van der Waals surface area contributed by atoms with E-state index in [2.05, 4.69) is 5.32 Å². The highest BCUT2D eigenvalue weighted by Gasteiger charge is 2.37. The van der Waals surface area contributed by atoms with Crippen molar-refractivity contribution in [3.63, 3.8) is 0 Å². The molecule has 3 amide bonds. The number of fused-ring (bicyclic) bond motifs is 2. The highest BCUT2D eigenvalue weighted by molar-refractivity contribution is 6.35. The van der Waals surface area contributed by atoms with E-state index >= 15 is 0 Å². The van der Waals surface area contributed by atoms with Gasteiger partial charge in [0.25, 0.3) is 11.8 Å². The number of rotatable bonds is 3. The fraction of sp³-hybridized carbons (Fsp3) is 0.0870. The smallest absolute Gasteiger partial charge is 0.266 e. The summed E-state index contributed by atoms with van der Waals surface area (Å²) in [4.78, 5) is 38.4. The van der Waals surface area contributed by atoms with Crippen molar-refractivity contribution in [2.45, 2.75) is 12.8 Å². The summed E-state index contributed by atoms with van der Waals surface area (Å²) < 4.78 is 5.89. The molecule has 3 aromatic rings. The monoisotopic (exact) mass is 418 g/mol. The van der Waals surface area contributed by atoms with Gasteiger partial charge in [0, 0.05) is 23.2 Å². The number of benzene rings is 3. The molecule has 0 unspecified atom stereocenters. The Hall–Kier alpha value is -3.64. The molecule has 0 spiro atoms. The zero-order valence-corrected chi connectivity index (χ0v) is 16.4. The molecule has 2 heterocycles. The van der Waals surface area contributed by atoms with E-state index in [0.717, 1.165) is 16.2 Å². The largest absolute Gasteiger partial charge is 0.457 e. The Morgan fingerprint density at radius 3 is 2.43 bits per heavy atom. The first-order valence-electron chi connectivity index (χ1n) is 9.38. The van der Waals surface area contributed by atoms with E-state index in [1.165, 1.54) is 0 Å². The number of nitrogens with one attached hydrogen (secondary N) is 1. The molecule has 6 nitrogen and oxygen atoms in total. The Morgan fingerprint density at radius 1 is 0.833 bits per heavy atom. The van der Waals surface area contributed by atoms with Crippen molar-refractivity contribution in [3.05, 3.63) is 82.4 Å².